The minimum Gasteiger partial charge on any atom is -0.485 e. The number of alkyl halides is 1. The highest BCUT2D eigenvalue weighted by Gasteiger charge is 2.09. The number of para-hydroxylation sites is 1. The van der Waals surface area contributed by atoms with Gasteiger partial charge in [-0.2, -0.15) is 0 Å². The molecule has 2 aromatic carbocycles. The average Bonchev–Trinajstić information content (AvgIpc) is 2.46. The molecule has 0 radical (unpaired) electrons. The van der Waals surface area contributed by atoms with E-state index >= 15 is 0 Å². The van der Waals surface area contributed by atoms with Crippen molar-refractivity contribution in [2.24, 2.45) is 0 Å². The van der Waals surface area contributed by atoms with E-state index in [0.717, 1.165) is 5.56 Å². The van der Waals surface area contributed by atoms with Crippen molar-refractivity contribution in [1.82, 2.24) is 0 Å². The fourth-order valence-corrected chi connectivity index (χ4v) is 2.19. The summed E-state index contributed by atoms with van der Waals surface area (Å²) in [6, 6.07) is 13.0. The Kier molecular flexibility index (Phi) is 5.02. The number of hydrogen-bond acceptors (Lipinski definition) is 1. The lowest BCUT2D eigenvalue weighted by Gasteiger charge is -2.12. The Balaban J connectivity index is 2.09. The lowest BCUT2D eigenvalue weighted by Crippen LogP contribution is -2.00. The van der Waals surface area contributed by atoms with E-state index in [9.17, 15) is 4.39 Å². The van der Waals surface area contributed by atoms with Crippen LogP contribution in [-0.4, -0.2) is 0 Å². The Bertz CT molecular complexity index is 564. The van der Waals surface area contributed by atoms with Crippen molar-refractivity contribution >= 4 is 11.6 Å². The van der Waals surface area contributed by atoms with Crippen molar-refractivity contribution in [3.8, 4) is 5.75 Å². The van der Waals surface area contributed by atoms with Gasteiger partial charge in [-0.15, -0.1) is 11.6 Å². The van der Waals surface area contributed by atoms with E-state index in [4.69, 9.17) is 16.3 Å². The molecule has 3 heteroatoms. The zero-order valence-electron chi connectivity index (χ0n) is 11.7. The predicted molar refractivity (Wildman–Crippen MR) is 80.8 cm³/mol. The van der Waals surface area contributed by atoms with Gasteiger partial charge in [0.15, 0.2) is 11.6 Å². The van der Waals surface area contributed by atoms with Crippen LogP contribution in [0.15, 0.2) is 42.5 Å². The van der Waals surface area contributed by atoms with Crippen LogP contribution in [0.2, 0.25) is 0 Å². The molecule has 20 heavy (non-hydrogen) atoms. The van der Waals surface area contributed by atoms with Crippen molar-refractivity contribution in [2.45, 2.75) is 32.3 Å². The molecule has 0 aliphatic heterocycles. The number of ether oxygens (including phenoxy) is 1. The molecule has 0 heterocycles. The van der Waals surface area contributed by atoms with Gasteiger partial charge < -0.3 is 4.74 Å². The van der Waals surface area contributed by atoms with E-state index in [2.05, 4.69) is 26.0 Å². The van der Waals surface area contributed by atoms with Crippen LogP contribution in [0.3, 0.4) is 0 Å². The van der Waals surface area contributed by atoms with E-state index in [1.54, 1.807) is 12.1 Å². The Hall–Kier alpha value is -1.54. The molecule has 0 saturated carbocycles. The first-order valence-electron chi connectivity index (χ1n) is 6.66. The van der Waals surface area contributed by atoms with E-state index < -0.39 is 0 Å². The van der Waals surface area contributed by atoms with E-state index in [-0.39, 0.29) is 17.4 Å². The maximum atomic E-state index is 13.7. The minimum atomic E-state index is -0.373. The van der Waals surface area contributed by atoms with Gasteiger partial charge in [-0.1, -0.05) is 50.2 Å². The third-order valence-corrected chi connectivity index (χ3v) is 3.51. The summed E-state index contributed by atoms with van der Waals surface area (Å²) in [4.78, 5) is 0. The lowest BCUT2D eigenvalue weighted by molar-refractivity contribution is 0.288. The zero-order chi connectivity index (χ0) is 14.5. The summed E-state index contributed by atoms with van der Waals surface area (Å²) in [5, 5.41) is 0. The first-order valence-corrected chi connectivity index (χ1v) is 7.20. The van der Waals surface area contributed by atoms with E-state index in [1.165, 1.54) is 11.6 Å². The standard InChI is InChI=1S/C17H18ClFO/c1-12(2)14-8-6-13(7-9-14)11-20-17-15(10-18)4-3-5-16(17)19/h3-9,12H,10-11H2,1-2H3. The third kappa shape index (κ3) is 3.51. The van der Waals surface area contributed by atoms with Crippen LogP contribution in [0.4, 0.5) is 4.39 Å². The third-order valence-electron chi connectivity index (χ3n) is 3.22. The number of hydrogen-bond donors (Lipinski definition) is 0. The Morgan fingerprint density at radius 3 is 2.40 bits per heavy atom. The fourth-order valence-electron chi connectivity index (χ4n) is 1.97. The van der Waals surface area contributed by atoms with Crippen LogP contribution in [0.1, 0.15) is 36.5 Å². The minimum absolute atomic E-state index is 0.235. The zero-order valence-corrected chi connectivity index (χ0v) is 12.5. The second-order valence-corrected chi connectivity index (χ2v) is 5.31. The van der Waals surface area contributed by atoms with Crippen LogP contribution in [0, 0.1) is 5.82 Å². The monoisotopic (exact) mass is 292 g/mol. The smallest absolute Gasteiger partial charge is 0.165 e. The maximum absolute atomic E-state index is 13.7. The summed E-state index contributed by atoms with van der Waals surface area (Å²) < 4.78 is 19.3. The lowest BCUT2D eigenvalue weighted by atomic mass is 10.0. The van der Waals surface area contributed by atoms with Gasteiger partial charge in [0.25, 0.3) is 0 Å². The maximum Gasteiger partial charge on any atom is 0.165 e. The van der Waals surface area contributed by atoms with Gasteiger partial charge >= 0.3 is 0 Å². The first kappa shape index (κ1) is 14.9. The largest absolute Gasteiger partial charge is 0.485 e. The quantitative estimate of drug-likeness (QED) is 0.682. The summed E-state index contributed by atoms with van der Waals surface area (Å²) in [6.45, 7) is 4.64. The molecule has 0 saturated heterocycles. The molecule has 0 aliphatic carbocycles. The average molecular weight is 293 g/mol. The number of rotatable bonds is 5. The van der Waals surface area contributed by atoms with Crippen molar-refractivity contribution in [1.29, 1.82) is 0 Å². The van der Waals surface area contributed by atoms with Gasteiger partial charge in [0.05, 0.1) is 5.88 Å². The first-order chi connectivity index (χ1) is 9.61. The highest BCUT2D eigenvalue weighted by atomic mass is 35.5. The van der Waals surface area contributed by atoms with Crippen LogP contribution < -0.4 is 4.74 Å². The highest BCUT2D eigenvalue weighted by Crippen LogP contribution is 2.25. The number of benzene rings is 2. The van der Waals surface area contributed by atoms with Crippen LogP contribution in [0.5, 0.6) is 5.75 Å². The highest BCUT2D eigenvalue weighted by molar-refractivity contribution is 6.17. The molecule has 0 atom stereocenters. The van der Waals surface area contributed by atoms with Gasteiger partial charge in [0, 0.05) is 5.56 Å². The Morgan fingerprint density at radius 2 is 1.80 bits per heavy atom. The molecule has 106 valence electrons. The molecule has 0 aliphatic rings. The summed E-state index contributed by atoms with van der Waals surface area (Å²) >= 11 is 5.79. The molecule has 0 bridgehead atoms. The van der Waals surface area contributed by atoms with Crippen molar-refractivity contribution in [3.05, 3.63) is 65.0 Å². The van der Waals surface area contributed by atoms with Crippen molar-refractivity contribution < 1.29 is 9.13 Å². The topological polar surface area (TPSA) is 9.23 Å². The Labute approximate surface area is 124 Å². The predicted octanol–water partition coefficient (Wildman–Crippen LogP) is 5.27. The molecular weight excluding hydrogens is 275 g/mol. The molecule has 0 N–H and O–H groups in total. The molecule has 0 unspecified atom stereocenters. The van der Waals surface area contributed by atoms with Crippen LogP contribution >= 0.6 is 11.6 Å². The van der Waals surface area contributed by atoms with Gasteiger partial charge in [0.1, 0.15) is 6.61 Å². The molecule has 2 aromatic rings. The van der Waals surface area contributed by atoms with Crippen molar-refractivity contribution in [2.75, 3.05) is 0 Å². The second-order valence-electron chi connectivity index (χ2n) is 5.05. The summed E-state index contributed by atoms with van der Waals surface area (Å²) in [6.07, 6.45) is 0. The second kappa shape index (κ2) is 6.76. The summed E-state index contributed by atoms with van der Waals surface area (Å²) in [5.74, 6) is 0.608. The normalized spacial score (nSPS) is 10.8. The molecule has 0 amide bonds. The number of halogens is 2. The molecule has 2 rings (SSSR count). The van der Waals surface area contributed by atoms with Crippen LogP contribution in [0.25, 0.3) is 0 Å². The molecular formula is C17H18ClFO. The summed E-state index contributed by atoms with van der Waals surface area (Å²) in [5.41, 5.74) is 2.96. The summed E-state index contributed by atoms with van der Waals surface area (Å²) in [7, 11) is 0. The van der Waals surface area contributed by atoms with Gasteiger partial charge in [-0.25, -0.2) is 4.39 Å². The van der Waals surface area contributed by atoms with E-state index in [0.29, 0.717) is 18.1 Å². The van der Waals surface area contributed by atoms with E-state index in [1.807, 2.05) is 12.1 Å². The Morgan fingerprint density at radius 1 is 1.10 bits per heavy atom. The molecule has 0 spiro atoms. The van der Waals surface area contributed by atoms with Crippen molar-refractivity contribution in [3.63, 3.8) is 0 Å². The van der Waals surface area contributed by atoms with Gasteiger partial charge in [0.2, 0.25) is 0 Å². The van der Waals surface area contributed by atoms with Gasteiger partial charge in [-0.3, -0.25) is 0 Å². The SMILES string of the molecule is CC(C)c1ccc(COc2c(F)cccc2CCl)cc1. The van der Waals surface area contributed by atoms with Gasteiger partial charge in [-0.05, 0) is 23.1 Å². The molecule has 0 fully saturated rings. The fraction of sp³-hybridized carbons (Fsp3) is 0.294. The molecule has 0 aromatic heterocycles. The van der Waals surface area contributed by atoms with Crippen LogP contribution in [-0.2, 0) is 12.5 Å². The molecule has 1 nitrogen and oxygen atoms in total.